The number of carbonyl (C=O) groups excluding carboxylic acids is 1. The van der Waals surface area contributed by atoms with Crippen molar-refractivity contribution in [2.45, 2.75) is 59.0 Å². The molecule has 2 heterocycles. The highest BCUT2D eigenvalue weighted by Gasteiger charge is 2.28. The van der Waals surface area contributed by atoms with E-state index in [-0.39, 0.29) is 30.1 Å². The Morgan fingerprint density at radius 2 is 1.80 bits per heavy atom. The second-order valence-electron chi connectivity index (χ2n) is 11.2. The number of likely N-dealkylation sites (N-methyl/N-ethyl adjacent to an activating group) is 1. The van der Waals surface area contributed by atoms with Crippen molar-refractivity contribution in [3.8, 4) is 11.5 Å². The molecule has 0 unspecified atom stereocenters. The smallest absolute Gasteiger partial charge is 0.258 e. The van der Waals surface area contributed by atoms with Crippen LogP contribution in [0, 0.1) is 6.92 Å². The van der Waals surface area contributed by atoms with E-state index in [1.807, 2.05) is 25.1 Å². The molecule has 2 aromatic carbocycles. The lowest BCUT2D eigenvalue weighted by atomic mass is 9.95. The number of hydrogen-bond acceptors (Lipinski definition) is 6. The Kier molecular flexibility index (Phi) is 9.79. The van der Waals surface area contributed by atoms with Crippen LogP contribution in [0.4, 0.5) is 8.78 Å². The molecule has 1 amide bonds. The zero-order valence-corrected chi connectivity index (χ0v) is 24.2. The topological polar surface area (TPSA) is 68.6 Å². The number of hydrogen-bond donors (Lipinski definition) is 1. The molecule has 0 saturated carbocycles. The summed E-state index contributed by atoms with van der Waals surface area (Å²) < 4.78 is 33.3. The van der Waals surface area contributed by atoms with E-state index in [4.69, 9.17) is 4.74 Å². The number of alkyl halides is 2. The lowest BCUT2D eigenvalue weighted by Gasteiger charge is -2.32. The van der Waals surface area contributed by atoms with Gasteiger partial charge in [0.05, 0.1) is 5.56 Å². The van der Waals surface area contributed by atoms with Gasteiger partial charge in [0.15, 0.2) is 0 Å². The molecule has 218 valence electrons. The van der Waals surface area contributed by atoms with Gasteiger partial charge in [-0.1, -0.05) is 13.0 Å². The van der Waals surface area contributed by atoms with Gasteiger partial charge in [0.2, 0.25) is 5.92 Å². The summed E-state index contributed by atoms with van der Waals surface area (Å²) in [7, 11) is 2.14. The number of aliphatic imine (C=N–C) groups is 1. The molecule has 0 bridgehead atoms. The van der Waals surface area contributed by atoms with Gasteiger partial charge >= 0.3 is 0 Å². The van der Waals surface area contributed by atoms with Crippen LogP contribution in [0.5, 0.6) is 11.5 Å². The van der Waals surface area contributed by atoms with Gasteiger partial charge in [-0.05, 0) is 80.3 Å². The first-order valence-corrected chi connectivity index (χ1v) is 14.2. The van der Waals surface area contributed by atoms with Crippen LogP contribution in [-0.2, 0) is 13.1 Å². The third-order valence-corrected chi connectivity index (χ3v) is 7.67. The van der Waals surface area contributed by atoms with E-state index >= 15 is 0 Å². The van der Waals surface area contributed by atoms with E-state index in [1.165, 1.54) is 6.07 Å². The van der Waals surface area contributed by atoms with Crippen LogP contribution in [0.2, 0.25) is 0 Å². The highest BCUT2D eigenvalue weighted by molar-refractivity contribution is 6.05. The van der Waals surface area contributed by atoms with Crippen molar-refractivity contribution in [1.29, 1.82) is 0 Å². The van der Waals surface area contributed by atoms with Crippen LogP contribution in [0.25, 0.3) is 0 Å². The molecule has 0 radical (unpaired) electrons. The number of phenolic OH excluding ortho intramolecular Hbond substituents is 1. The number of ether oxygens (including phenoxy) is 1. The van der Waals surface area contributed by atoms with Crippen molar-refractivity contribution in [3.05, 3.63) is 58.1 Å². The van der Waals surface area contributed by atoms with Crippen molar-refractivity contribution in [1.82, 2.24) is 14.7 Å². The van der Waals surface area contributed by atoms with Gasteiger partial charge in [0.25, 0.3) is 5.91 Å². The number of nitrogens with zero attached hydrogens (tertiary/aromatic N) is 4. The summed E-state index contributed by atoms with van der Waals surface area (Å²) >= 11 is 0. The average molecular weight is 557 g/mol. The fourth-order valence-electron chi connectivity index (χ4n) is 5.20. The summed E-state index contributed by atoms with van der Waals surface area (Å²) in [5.74, 6) is -2.45. The SMILES string of the molecule is CCCN=C(CCC(C)(F)F)c1cc(C(=O)N2Cc3ccc(OCCN4CCN(C)CC4)cc3C2)c(O)cc1C. The predicted molar refractivity (Wildman–Crippen MR) is 154 cm³/mol. The first-order valence-electron chi connectivity index (χ1n) is 14.2. The summed E-state index contributed by atoms with van der Waals surface area (Å²) in [6, 6.07) is 9.08. The van der Waals surface area contributed by atoms with Crippen molar-refractivity contribution < 1.29 is 23.4 Å². The fraction of sp³-hybridized carbons (Fsp3) is 0.548. The lowest BCUT2D eigenvalue weighted by molar-refractivity contribution is 0.0151. The number of amides is 1. The Bertz CT molecular complexity index is 1220. The summed E-state index contributed by atoms with van der Waals surface area (Å²) in [6.45, 7) is 11.7. The summed E-state index contributed by atoms with van der Waals surface area (Å²) in [4.78, 5) is 24.6. The van der Waals surface area contributed by atoms with Gasteiger partial charge in [0, 0.05) is 64.5 Å². The maximum Gasteiger partial charge on any atom is 0.258 e. The first kappa shape index (κ1) is 29.9. The number of phenols is 1. The van der Waals surface area contributed by atoms with Crippen molar-refractivity contribution in [2.75, 3.05) is 52.9 Å². The molecule has 9 heteroatoms. The largest absolute Gasteiger partial charge is 0.507 e. The minimum absolute atomic E-state index is 0.0927. The third kappa shape index (κ3) is 7.79. The summed E-state index contributed by atoms with van der Waals surface area (Å²) in [5, 5.41) is 10.7. The Balaban J connectivity index is 1.44. The molecule has 4 rings (SSSR count). The number of rotatable bonds is 11. The maximum atomic E-state index is 13.7. The minimum atomic E-state index is -2.81. The number of fused-ring (bicyclic) bond motifs is 1. The Labute approximate surface area is 236 Å². The monoisotopic (exact) mass is 556 g/mol. The van der Waals surface area contributed by atoms with E-state index < -0.39 is 5.92 Å². The van der Waals surface area contributed by atoms with Gasteiger partial charge in [-0.15, -0.1) is 0 Å². The molecule has 2 aromatic rings. The molecule has 7 nitrogen and oxygen atoms in total. The number of piperazine rings is 1. The zero-order chi connectivity index (χ0) is 28.9. The number of carbonyl (C=O) groups is 1. The molecular formula is C31H42F2N4O3. The molecule has 0 spiro atoms. The van der Waals surface area contributed by atoms with Crippen LogP contribution in [-0.4, -0.2) is 90.3 Å². The third-order valence-electron chi connectivity index (χ3n) is 7.67. The molecular weight excluding hydrogens is 514 g/mol. The number of aryl methyl sites for hydroxylation is 1. The quantitative estimate of drug-likeness (QED) is 0.390. The van der Waals surface area contributed by atoms with Crippen LogP contribution in [0.15, 0.2) is 35.3 Å². The Morgan fingerprint density at radius 3 is 2.50 bits per heavy atom. The Morgan fingerprint density at radius 1 is 1.07 bits per heavy atom. The lowest BCUT2D eigenvalue weighted by Crippen LogP contribution is -2.45. The molecule has 1 fully saturated rings. The molecule has 40 heavy (non-hydrogen) atoms. The van der Waals surface area contributed by atoms with Gasteiger partial charge < -0.3 is 19.6 Å². The van der Waals surface area contributed by atoms with E-state index in [1.54, 1.807) is 17.9 Å². The van der Waals surface area contributed by atoms with Crippen molar-refractivity contribution >= 4 is 11.6 Å². The molecule has 0 aromatic heterocycles. The molecule has 2 aliphatic heterocycles. The van der Waals surface area contributed by atoms with Crippen LogP contribution < -0.4 is 4.74 Å². The van der Waals surface area contributed by atoms with Crippen LogP contribution in [0.1, 0.15) is 65.7 Å². The average Bonchev–Trinajstić information content (AvgIpc) is 3.33. The first-order chi connectivity index (χ1) is 19.0. The summed E-state index contributed by atoms with van der Waals surface area (Å²) in [6.07, 6.45) is 0.540. The Hall–Kier alpha value is -3.04. The van der Waals surface area contributed by atoms with Crippen LogP contribution >= 0.6 is 0 Å². The van der Waals surface area contributed by atoms with Gasteiger partial charge in [-0.2, -0.15) is 0 Å². The molecule has 0 atom stereocenters. The standard InChI is InChI=1S/C31H42F2N4O3/c1-5-10-34-28(8-9-31(3,32)33)26-19-27(29(38)17-22(26)2)30(39)37-20-23-6-7-25(18-24(23)21-37)40-16-15-36-13-11-35(4)12-14-36/h6-7,17-19,38H,5,8-16,20-21H2,1-4H3. The maximum absolute atomic E-state index is 13.7. The van der Waals surface area contributed by atoms with Gasteiger partial charge in [-0.25, -0.2) is 8.78 Å². The second kappa shape index (κ2) is 13.1. The number of benzene rings is 2. The van der Waals surface area contributed by atoms with Crippen LogP contribution in [0.3, 0.4) is 0 Å². The highest BCUT2D eigenvalue weighted by atomic mass is 19.3. The van der Waals surface area contributed by atoms with Crippen molar-refractivity contribution in [3.63, 3.8) is 0 Å². The predicted octanol–water partition coefficient (Wildman–Crippen LogP) is 5.12. The molecule has 1 N–H and O–H groups in total. The molecule has 0 aliphatic carbocycles. The zero-order valence-electron chi connectivity index (χ0n) is 24.2. The highest BCUT2D eigenvalue weighted by Crippen LogP contribution is 2.32. The fourth-order valence-corrected chi connectivity index (χ4v) is 5.20. The van der Waals surface area contributed by atoms with E-state index in [0.717, 1.165) is 62.9 Å². The second-order valence-corrected chi connectivity index (χ2v) is 11.2. The van der Waals surface area contributed by atoms with E-state index in [0.29, 0.717) is 43.1 Å². The van der Waals surface area contributed by atoms with Gasteiger partial charge in [-0.3, -0.25) is 14.7 Å². The minimum Gasteiger partial charge on any atom is -0.507 e. The van der Waals surface area contributed by atoms with E-state index in [9.17, 15) is 18.7 Å². The molecule has 1 saturated heterocycles. The summed E-state index contributed by atoms with van der Waals surface area (Å²) in [5.41, 5.74) is 4.09. The number of halogens is 2. The van der Waals surface area contributed by atoms with E-state index in [2.05, 4.69) is 21.8 Å². The van der Waals surface area contributed by atoms with Gasteiger partial charge in [0.1, 0.15) is 18.1 Å². The number of aromatic hydroxyl groups is 1. The molecule has 2 aliphatic rings. The normalized spacial score (nSPS) is 16.9. The van der Waals surface area contributed by atoms with Crippen molar-refractivity contribution in [2.24, 2.45) is 4.99 Å².